The summed E-state index contributed by atoms with van der Waals surface area (Å²) in [6, 6.07) is 16.1. The van der Waals surface area contributed by atoms with Gasteiger partial charge in [-0.05, 0) is 22.3 Å². The van der Waals surface area contributed by atoms with Gasteiger partial charge >= 0.3 is 12.1 Å². The topological polar surface area (TPSA) is 106 Å². The first kappa shape index (κ1) is 16.8. The van der Waals surface area contributed by atoms with Crippen molar-refractivity contribution >= 4 is 18.0 Å². The van der Waals surface area contributed by atoms with Crippen LogP contribution in [0.25, 0.3) is 11.1 Å². The van der Waals surface area contributed by atoms with Gasteiger partial charge in [0.05, 0.1) is 0 Å². The van der Waals surface area contributed by atoms with Crippen molar-refractivity contribution in [1.29, 1.82) is 0 Å². The average molecular weight is 364 g/mol. The van der Waals surface area contributed by atoms with Gasteiger partial charge < -0.3 is 9.84 Å². The normalized spacial score (nSPS) is 12.3. The van der Waals surface area contributed by atoms with E-state index in [1.165, 1.54) is 10.9 Å². The Kier molecular flexibility index (Phi) is 4.29. The Balaban J connectivity index is 1.47. The van der Waals surface area contributed by atoms with E-state index in [0.29, 0.717) is 0 Å². The number of hydrogen-bond acceptors (Lipinski definition) is 5. The number of nitrogens with one attached hydrogen (secondary N) is 1. The largest absolute Gasteiger partial charge is 0.480 e. The summed E-state index contributed by atoms with van der Waals surface area (Å²) in [4.78, 5) is 23.0. The number of carbonyl (C=O) groups excluding carboxylic acids is 1. The van der Waals surface area contributed by atoms with Crippen LogP contribution in [0.1, 0.15) is 17.0 Å². The van der Waals surface area contributed by atoms with Crippen LogP contribution in [0.2, 0.25) is 0 Å². The summed E-state index contributed by atoms with van der Waals surface area (Å²) in [7, 11) is 0. The van der Waals surface area contributed by atoms with Crippen LogP contribution in [0.4, 0.5) is 10.7 Å². The van der Waals surface area contributed by atoms with E-state index in [-0.39, 0.29) is 25.0 Å². The Morgan fingerprint density at radius 3 is 2.33 bits per heavy atom. The number of rotatable bonds is 5. The molecule has 0 fully saturated rings. The highest BCUT2D eigenvalue weighted by Gasteiger charge is 2.29. The van der Waals surface area contributed by atoms with E-state index >= 15 is 0 Å². The first-order valence-corrected chi connectivity index (χ1v) is 8.35. The van der Waals surface area contributed by atoms with Crippen LogP contribution in [0.15, 0.2) is 54.9 Å². The first-order valence-electron chi connectivity index (χ1n) is 8.35. The third-order valence-electron chi connectivity index (χ3n) is 4.48. The number of fused-ring (bicyclic) bond motifs is 3. The molecule has 8 nitrogen and oxygen atoms in total. The number of benzene rings is 2. The molecule has 0 aliphatic heterocycles. The van der Waals surface area contributed by atoms with Crippen molar-refractivity contribution in [2.24, 2.45) is 0 Å². The minimum absolute atomic E-state index is 0.0228. The second kappa shape index (κ2) is 6.91. The number of carbonyl (C=O) groups is 2. The molecule has 1 amide bonds. The van der Waals surface area contributed by atoms with Gasteiger partial charge in [-0.3, -0.25) is 14.7 Å². The molecule has 3 aromatic rings. The molecule has 0 bridgehead atoms. The van der Waals surface area contributed by atoms with Gasteiger partial charge in [0.15, 0.2) is 0 Å². The molecule has 0 saturated carbocycles. The van der Waals surface area contributed by atoms with E-state index in [0.717, 1.165) is 22.3 Å². The molecule has 0 spiro atoms. The van der Waals surface area contributed by atoms with Crippen molar-refractivity contribution in [1.82, 2.24) is 14.8 Å². The summed E-state index contributed by atoms with van der Waals surface area (Å²) in [5.74, 6) is -1.10. The predicted molar refractivity (Wildman–Crippen MR) is 96.3 cm³/mol. The summed E-state index contributed by atoms with van der Waals surface area (Å²) >= 11 is 0. The van der Waals surface area contributed by atoms with Crippen LogP contribution in [-0.4, -0.2) is 38.5 Å². The number of nitrogens with zero attached hydrogens (tertiary/aromatic N) is 3. The zero-order chi connectivity index (χ0) is 18.8. The van der Waals surface area contributed by atoms with Crippen molar-refractivity contribution in [3.8, 4) is 11.1 Å². The van der Waals surface area contributed by atoms with Crippen LogP contribution < -0.4 is 5.32 Å². The van der Waals surface area contributed by atoms with Crippen LogP contribution in [-0.2, 0) is 16.1 Å². The molecule has 4 rings (SSSR count). The number of aromatic nitrogens is 3. The number of ether oxygens (including phenoxy) is 1. The first-order chi connectivity index (χ1) is 13.1. The van der Waals surface area contributed by atoms with Crippen molar-refractivity contribution in [2.45, 2.75) is 12.5 Å². The van der Waals surface area contributed by atoms with E-state index in [1.807, 2.05) is 36.4 Å². The molecular formula is C19H16N4O4. The summed E-state index contributed by atoms with van der Waals surface area (Å²) in [5.41, 5.74) is 4.51. The van der Waals surface area contributed by atoms with Gasteiger partial charge in [-0.25, -0.2) is 4.79 Å². The zero-order valence-electron chi connectivity index (χ0n) is 14.2. The highest BCUT2D eigenvalue weighted by Crippen LogP contribution is 2.44. The number of anilines is 1. The van der Waals surface area contributed by atoms with Crippen LogP contribution >= 0.6 is 0 Å². The number of carboxylic acid groups (broad SMARTS) is 1. The van der Waals surface area contributed by atoms with Gasteiger partial charge in [-0.15, -0.1) is 10.2 Å². The standard InChI is InChI=1S/C19H16N4O4/c24-17(25)9-23-11-20-22-18(23)21-19(26)27-10-16-14-7-3-1-5-12(14)13-6-2-4-8-15(13)16/h1-8,11,16H,9-10H2,(H,24,25)(H,21,22,26). The van der Waals surface area contributed by atoms with E-state index in [1.54, 1.807) is 0 Å². The highest BCUT2D eigenvalue weighted by atomic mass is 16.5. The summed E-state index contributed by atoms with van der Waals surface area (Å²) in [6.07, 6.45) is 0.518. The molecular weight excluding hydrogens is 348 g/mol. The quantitative estimate of drug-likeness (QED) is 0.721. The van der Waals surface area contributed by atoms with E-state index in [4.69, 9.17) is 9.84 Å². The minimum atomic E-state index is -1.06. The fourth-order valence-corrected chi connectivity index (χ4v) is 3.34. The Morgan fingerprint density at radius 1 is 1.07 bits per heavy atom. The average Bonchev–Trinajstić information content (AvgIpc) is 3.22. The Labute approximate surface area is 154 Å². The summed E-state index contributed by atoms with van der Waals surface area (Å²) in [5, 5.41) is 18.6. The van der Waals surface area contributed by atoms with Gasteiger partial charge in [0, 0.05) is 5.92 Å². The Hall–Kier alpha value is -3.68. The SMILES string of the molecule is O=C(O)Cn1cnnc1NC(=O)OCC1c2ccccc2-c2ccccc21. The Bertz CT molecular complexity index is 969. The maximum absolute atomic E-state index is 12.2. The van der Waals surface area contributed by atoms with Crippen molar-refractivity contribution in [2.75, 3.05) is 11.9 Å². The molecule has 0 saturated heterocycles. The van der Waals surface area contributed by atoms with Crippen LogP contribution in [0.5, 0.6) is 0 Å². The maximum Gasteiger partial charge on any atom is 0.414 e. The number of carboxylic acids is 1. The summed E-state index contributed by atoms with van der Waals surface area (Å²) in [6.45, 7) is -0.196. The molecule has 1 heterocycles. The van der Waals surface area contributed by atoms with Crippen molar-refractivity contribution < 1.29 is 19.4 Å². The maximum atomic E-state index is 12.2. The lowest BCUT2D eigenvalue weighted by Gasteiger charge is -2.14. The molecule has 1 aromatic heterocycles. The molecule has 0 unspecified atom stereocenters. The van der Waals surface area contributed by atoms with E-state index in [9.17, 15) is 9.59 Å². The molecule has 27 heavy (non-hydrogen) atoms. The second-order valence-electron chi connectivity index (χ2n) is 6.13. The van der Waals surface area contributed by atoms with E-state index in [2.05, 4.69) is 27.6 Å². The van der Waals surface area contributed by atoms with E-state index < -0.39 is 12.1 Å². The molecule has 2 aromatic carbocycles. The molecule has 1 aliphatic rings. The monoisotopic (exact) mass is 364 g/mol. The van der Waals surface area contributed by atoms with Crippen LogP contribution in [0.3, 0.4) is 0 Å². The lowest BCUT2D eigenvalue weighted by molar-refractivity contribution is -0.137. The number of hydrogen-bond donors (Lipinski definition) is 2. The summed E-state index contributed by atoms with van der Waals surface area (Å²) < 4.78 is 6.61. The molecule has 136 valence electrons. The molecule has 0 atom stereocenters. The lowest BCUT2D eigenvalue weighted by Crippen LogP contribution is -2.21. The minimum Gasteiger partial charge on any atom is -0.480 e. The Morgan fingerprint density at radius 2 is 1.70 bits per heavy atom. The second-order valence-corrected chi connectivity index (χ2v) is 6.13. The van der Waals surface area contributed by atoms with Crippen molar-refractivity contribution in [3.63, 3.8) is 0 Å². The lowest BCUT2D eigenvalue weighted by atomic mass is 9.98. The molecule has 0 radical (unpaired) electrons. The van der Waals surface area contributed by atoms with Gasteiger partial charge in [-0.2, -0.15) is 0 Å². The highest BCUT2D eigenvalue weighted by molar-refractivity contribution is 5.83. The van der Waals surface area contributed by atoms with Crippen molar-refractivity contribution in [3.05, 3.63) is 66.0 Å². The fourth-order valence-electron chi connectivity index (χ4n) is 3.34. The van der Waals surface area contributed by atoms with Crippen LogP contribution in [0, 0.1) is 0 Å². The zero-order valence-corrected chi connectivity index (χ0v) is 14.2. The molecule has 1 aliphatic carbocycles. The smallest absolute Gasteiger partial charge is 0.414 e. The number of amides is 1. The van der Waals surface area contributed by atoms with Gasteiger partial charge in [0.25, 0.3) is 0 Å². The molecule has 2 N–H and O–H groups in total. The third-order valence-corrected chi connectivity index (χ3v) is 4.48. The van der Waals surface area contributed by atoms with Gasteiger partial charge in [0.1, 0.15) is 19.5 Å². The number of aliphatic carboxylic acids is 1. The fraction of sp³-hybridized carbons (Fsp3) is 0.158. The third kappa shape index (κ3) is 3.24. The van der Waals surface area contributed by atoms with Gasteiger partial charge in [0.2, 0.25) is 5.95 Å². The van der Waals surface area contributed by atoms with Gasteiger partial charge in [-0.1, -0.05) is 48.5 Å². The predicted octanol–water partition coefficient (Wildman–Crippen LogP) is 2.72. The molecule has 8 heteroatoms.